The highest BCUT2D eigenvalue weighted by molar-refractivity contribution is 5.78. The molecule has 4 aromatic rings. The summed E-state index contributed by atoms with van der Waals surface area (Å²) in [7, 11) is 0. The van der Waals surface area contributed by atoms with Crippen molar-refractivity contribution in [2.75, 3.05) is 31.1 Å². The van der Waals surface area contributed by atoms with Crippen LogP contribution in [0.1, 0.15) is 12.2 Å². The lowest BCUT2D eigenvalue weighted by molar-refractivity contribution is -0.131. The molecule has 33 heavy (non-hydrogen) atoms. The monoisotopic (exact) mass is 443 g/mol. The van der Waals surface area contributed by atoms with Crippen molar-refractivity contribution in [1.82, 2.24) is 29.0 Å². The van der Waals surface area contributed by atoms with Crippen LogP contribution < -0.4 is 10.5 Å². The van der Waals surface area contributed by atoms with E-state index in [0.717, 1.165) is 11.6 Å². The van der Waals surface area contributed by atoms with Crippen molar-refractivity contribution in [3.05, 3.63) is 77.4 Å². The third-order valence-corrected chi connectivity index (χ3v) is 5.93. The number of hydrogen-bond donors (Lipinski definition) is 0. The first kappa shape index (κ1) is 20.9. The Bertz CT molecular complexity index is 1340. The quantitative estimate of drug-likeness (QED) is 0.469. The Morgan fingerprint density at radius 2 is 1.70 bits per heavy atom. The molecular formula is C24H25N7O2. The Hall–Kier alpha value is -4.01. The number of amides is 1. The number of piperazine rings is 1. The SMILES string of the molecule is Cc1nc(N2CCN(C(=O)CCn3cnc4ccccc4c3=O)CC2)cc(-n2cccc2)n1. The summed E-state index contributed by atoms with van der Waals surface area (Å²) in [5.74, 6) is 2.45. The van der Waals surface area contributed by atoms with Crippen molar-refractivity contribution >= 4 is 22.6 Å². The number of nitrogens with zero attached hydrogens (tertiary/aromatic N) is 7. The molecule has 0 radical (unpaired) electrons. The summed E-state index contributed by atoms with van der Waals surface area (Å²) in [5.41, 5.74) is 0.553. The molecule has 1 aliphatic rings. The lowest BCUT2D eigenvalue weighted by Crippen LogP contribution is -2.49. The summed E-state index contributed by atoms with van der Waals surface area (Å²) in [5, 5.41) is 0.570. The number of carbonyl (C=O) groups excluding carboxylic acids is 1. The molecule has 0 atom stereocenters. The molecule has 0 spiro atoms. The second-order valence-corrected chi connectivity index (χ2v) is 8.10. The fourth-order valence-corrected chi connectivity index (χ4v) is 4.14. The molecule has 1 amide bonds. The van der Waals surface area contributed by atoms with Crippen LogP contribution in [0, 0.1) is 6.92 Å². The van der Waals surface area contributed by atoms with Crippen LogP contribution in [0.5, 0.6) is 0 Å². The molecule has 5 rings (SSSR count). The second kappa shape index (κ2) is 8.85. The highest BCUT2D eigenvalue weighted by atomic mass is 16.2. The molecule has 0 saturated carbocycles. The predicted octanol–water partition coefficient (Wildman–Crippen LogP) is 2.02. The third kappa shape index (κ3) is 4.34. The highest BCUT2D eigenvalue weighted by Gasteiger charge is 2.22. The van der Waals surface area contributed by atoms with Gasteiger partial charge >= 0.3 is 0 Å². The Kier molecular flexibility index (Phi) is 5.60. The van der Waals surface area contributed by atoms with Crippen LogP contribution in [0.4, 0.5) is 5.82 Å². The Morgan fingerprint density at radius 3 is 2.48 bits per heavy atom. The van der Waals surface area contributed by atoms with Crippen molar-refractivity contribution < 1.29 is 4.79 Å². The van der Waals surface area contributed by atoms with E-state index < -0.39 is 0 Å². The number of rotatable bonds is 5. The van der Waals surface area contributed by atoms with E-state index in [0.29, 0.717) is 49.5 Å². The summed E-state index contributed by atoms with van der Waals surface area (Å²) in [6.45, 7) is 4.84. The van der Waals surface area contributed by atoms with Gasteiger partial charge in [0.25, 0.3) is 5.56 Å². The highest BCUT2D eigenvalue weighted by Crippen LogP contribution is 2.18. The van der Waals surface area contributed by atoms with Crippen LogP contribution in [0.25, 0.3) is 16.7 Å². The van der Waals surface area contributed by atoms with Crippen LogP contribution in [0.3, 0.4) is 0 Å². The number of fused-ring (bicyclic) bond motifs is 1. The fraction of sp³-hybridized carbons (Fsp3) is 0.292. The summed E-state index contributed by atoms with van der Waals surface area (Å²) in [6, 6.07) is 13.1. The minimum Gasteiger partial charge on any atom is -0.353 e. The first-order valence-electron chi connectivity index (χ1n) is 11.0. The van der Waals surface area contributed by atoms with Crippen LogP contribution in [-0.2, 0) is 11.3 Å². The zero-order valence-corrected chi connectivity index (χ0v) is 18.5. The van der Waals surface area contributed by atoms with Gasteiger partial charge in [0, 0.05) is 57.6 Å². The van der Waals surface area contributed by atoms with Crippen molar-refractivity contribution in [2.45, 2.75) is 19.9 Å². The normalized spacial score (nSPS) is 14.1. The van der Waals surface area contributed by atoms with Crippen molar-refractivity contribution in [3.8, 4) is 5.82 Å². The maximum absolute atomic E-state index is 12.8. The van der Waals surface area contributed by atoms with Gasteiger partial charge in [0.05, 0.1) is 17.2 Å². The molecule has 1 aromatic carbocycles. The maximum Gasteiger partial charge on any atom is 0.261 e. The van der Waals surface area contributed by atoms with Gasteiger partial charge < -0.3 is 14.4 Å². The van der Waals surface area contributed by atoms with Crippen LogP contribution >= 0.6 is 0 Å². The lowest BCUT2D eigenvalue weighted by Gasteiger charge is -2.35. The predicted molar refractivity (Wildman–Crippen MR) is 126 cm³/mol. The van der Waals surface area contributed by atoms with Crippen LogP contribution in [0.15, 0.2) is 66.0 Å². The standard InChI is InChI=1S/C24H25N7O2/c1-18-26-21(28-9-4-5-10-28)16-22(27-18)29-12-14-30(15-13-29)23(32)8-11-31-17-25-20-7-3-2-6-19(20)24(31)33/h2-7,9-10,16-17H,8,11-15H2,1H3. The van der Waals surface area contributed by atoms with Crippen LogP contribution in [-0.4, -0.2) is 61.1 Å². The topological polar surface area (TPSA) is 89.2 Å². The first-order valence-corrected chi connectivity index (χ1v) is 11.0. The first-order chi connectivity index (χ1) is 16.1. The van der Waals surface area contributed by atoms with Crippen molar-refractivity contribution in [2.24, 2.45) is 0 Å². The molecule has 9 heteroatoms. The van der Waals surface area contributed by atoms with E-state index in [1.807, 2.05) is 65.2 Å². The number of para-hydroxylation sites is 1. The van der Waals surface area contributed by atoms with Gasteiger partial charge in [-0.15, -0.1) is 0 Å². The van der Waals surface area contributed by atoms with Crippen molar-refractivity contribution in [1.29, 1.82) is 0 Å². The van der Waals surface area contributed by atoms with Gasteiger partial charge in [0.15, 0.2) is 0 Å². The number of anilines is 1. The van der Waals surface area contributed by atoms with E-state index in [9.17, 15) is 9.59 Å². The number of aryl methyl sites for hydroxylation is 2. The average molecular weight is 444 g/mol. The van der Waals surface area contributed by atoms with E-state index in [1.54, 1.807) is 6.07 Å². The molecule has 1 fully saturated rings. The molecule has 9 nitrogen and oxygen atoms in total. The summed E-state index contributed by atoms with van der Waals surface area (Å²) in [4.78, 5) is 42.9. The number of aromatic nitrogens is 5. The molecule has 3 aromatic heterocycles. The Morgan fingerprint density at radius 1 is 0.970 bits per heavy atom. The Labute approximate surface area is 190 Å². The summed E-state index contributed by atoms with van der Waals surface area (Å²) >= 11 is 0. The maximum atomic E-state index is 12.8. The molecular weight excluding hydrogens is 418 g/mol. The van der Waals surface area contributed by atoms with Gasteiger partial charge in [-0.3, -0.25) is 14.2 Å². The molecule has 0 N–H and O–H groups in total. The smallest absolute Gasteiger partial charge is 0.261 e. The zero-order valence-electron chi connectivity index (χ0n) is 18.5. The summed E-state index contributed by atoms with van der Waals surface area (Å²) in [6.07, 6.45) is 5.71. The molecule has 0 unspecified atom stereocenters. The van der Waals surface area contributed by atoms with E-state index in [1.165, 1.54) is 10.9 Å². The van der Waals surface area contributed by atoms with Gasteiger partial charge in [-0.2, -0.15) is 0 Å². The fourth-order valence-electron chi connectivity index (χ4n) is 4.14. The van der Waals surface area contributed by atoms with Gasteiger partial charge in [-0.05, 0) is 31.2 Å². The second-order valence-electron chi connectivity index (χ2n) is 8.10. The zero-order chi connectivity index (χ0) is 22.8. The molecule has 1 saturated heterocycles. The van der Waals surface area contributed by atoms with Crippen LogP contribution in [0.2, 0.25) is 0 Å². The minimum atomic E-state index is -0.115. The van der Waals surface area contributed by atoms with E-state index in [2.05, 4.69) is 19.9 Å². The van der Waals surface area contributed by atoms with E-state index >= 15 is 0 Å². The van der Waals surface area contributed by atoms with E-state index in [4.69, 9.17) is 0 Å². The lowest BCUT2D eigenvalue weighted by atomic mass is 10.2. The number of benzene rings is 1. The number of carbonyl (C=O) groups is 1. The summed E-state index contributed by atoms with van der Waals surface area (Å²) < 4.78 is 3.48. The number of hydrogen-bond acceptors (Lipinski definition) is 6. The largest absolute Gasteiger partial charge is 0.353 e. The molecule has 1 aliphatic heterocycles. The molecule has 0 aliphatic carbocycles. The molecule has 0 bridgehead atoms. The average Bonchev–Trinajstić information content (AvgIpc) is 3.39. The molecule has 168 valence electrons. The van der Waals surface area contributed by atoms with Gasteiger partial charge in [0.2, 0.25) is 5.91 Å². The van der Waals surface area contributed by atoms with Gasteiger partial charge in [-0.1, -0.05) is 12.1 Å². The van der Waals surface area contributed by atoms with Gasteiger partial charge in [0.1, 0.15) is 17.5 Å². The Balaban J connectivity index is 1.21. The molecule has 4 heterocycles. The van der Waals surface area contributed by atoms with Gasteiger partial charge in [-0.25, -0.2) is 15.0 Å². The van der Waals surface area contributed by atoms with Crippen molar-refractivity contribution in [3.63, 3.8) is 0 Å². The third-order valence-electron chi connectivity index (χ3n) is 5.93. The minimum absolute atomic E-state index is 0.0432. The van der Waals surface area contributed by atoms with E-state index in [-0.39, 0.29) is 17.9 Å².